The van der Waals surface area contributed by atoms with Gasteiger partial charge in [0.2, 0.25) is 0 Å². The molecule has 0 atom stereocenters. The normalized spacial score (nSPS) is 10.5. The SMILES string of the molecule is CCc1ccc(C(=O)c2c(F)cc(Br)cc2F)cc1. The van der Waals surface area contributed by atoms with Crippen molar-refractivity contribution in [3.05, 3.63) is 69.2 Å². The van der Waals surface area contributed by atoms with Crippen LogP contribution in [-0.4, -0.2) is 5.78 Å². The lowest BCUT2D eigenvalue weighted by Gasteiger charge is -2.06. The van der Waals surface area contributed by atoms with Crippen molar-refractivity contribution >= 4 is 21.7 Å². The molecule has 98 valence electrons. The molecule has 0 amide bonds. The fraction of sp³-hybridized carbons (Fsp3) is 0.133. The second-order valence-electron chi connectivity index (χ2n) is 4.12. The maximum absolute atomic E-state index is 13.7. The number of carbonyl (C=O) groups is 1. The van der Waals surface area contributed by atoms with E-state index < -0.39 is 23.0 Å². The van der Waals surface area contributed by atoms with Crippen molar-refractivity contribution in [1.82, 2.24) is 0 Å². The summed E-state index contributed by atoms with van der Waals surface area (Å²) >= 11 is 2.98. The quantitative estimate of drug-likeness (QED) is 0.758. The highest BCUT2D eigenvalue weighted by Crippen LogP contribution is 2.22. The fourth-order valence-electron chi connectivity index (χ4n) is 1.80. The Hall–Kier alpha value is -1.55. The lowest BCUT2D eigenvalue weighted by atomic mass is 10.0. The number of hydrogen-bond donors (Lipinski definition) is 0. The third kappa shape index (κ3) is 2.89. The Bertz CT molecular complexity index is 598. The Morgan fingerprint density at radius 2 is 1.63 bits per heavy atom. The van der Waals surface area contributed by atoms with E-state index in [1.54, 1.807) is 24.3 Å². The minimum absolute atomic E-state index is 0.264. The molecule has 0 N–H and O–H groups in total. The largest absolute Gasteiger partial charge is 0.288 e. The Morgan fingerprint density at radius 1 is 1.11 bits per heavy atom. The van der Waals surface area contributed by atoms with E-state index in [0.29, 0.717) is 0 Å². The number of ketones is 1. The molecule has 2 aromatic carbocycles. The van der Waals surface area contributed by atoms with E-state index in [9.17, 15) is 13.6 Å². The van der Waals surface area contributed by atoms with Gasteiger partial charge in [0.15, 0.2) is 5.78 Å². The zero-order valence-corrected chi connectivity index (χ0v) is 11.8. The van der Waals surface area contributed by atoms with Gasteiger partial charge in [-0.1, -0.05) is 47.1 Å². The molecular weight excluding hydrogens is 314 g/mol. The van der Waals surface area contributed by atoms with E-state index in [-0.39, 0.29) is 10.0 Å². The van der Waals surface area contributed by atoms with Crippen LogP contribution in [0.1, 0.15) is 28.4 Å². The highest BCUT2D eigenvalue weighted by Gasteiger charge is 2.19. The molecule has 0 spiro atoms. The second kappa shape index (κ2) is 5.61. The highest BCUT2D eigenvalue weighted by molar-refractivity contribution is 9.10. The van der Waals surface area contributed by atoms with Gasteiger partial charge >= 0.3 is 0 Å². The summed E-state index contributed by atoms with van der Waals surface area (Å²) in [5.41, 5.74) is 0.818. The second-order valence-corrected chi connectivity index (χ2v) is 5.04. The first-order chi connectivity index (χ1) is 9.02. The van der Waals surface area contributed by atoms with Crippen molar-refractivity contribution in [2.75, 3.05) is 0 Å². The van der Waals surface area contributed by atoms with Crippen molar-refractivity contribution in [2.45, 2.75) is 13.3 Å². The van der Waals surface area contributed by atoms with E-state index >= 15 is 0 Å². The van der Waals surface area contributed by atoms with Crippen LogP contribution in [0.5, 0.6) is 0 Å². The lowest BCUT2D eigenvalue weighted by Crippen LogP contribution is -2.07. The molecule has 0 bridgehead atoms. The van der Waals surface area contributed by atoms with Gasteiger partial charge in [0.1, 0.15) is 11.6 Å². The topological polar surface area (TPSA) is 17.1 Å². The molecule has 0 aliphatic heterocycles. The van der Waals surface area contributed by atoms with Crippen LogP contribution in [0.15, 0.2) is 40.9 Å². The Balaban J connectivity index is 2.44. The summed E-state index contributed by atoms with van der Waals surface area (Å²) in [7, 11) is 0. The number of rotatable bonds is 3. The van der Waals surface area contributed by atoms with Crippen LogP contribution in [-0.2, 0) is 6.42 Å². The van der Waals surface area contributed by atoms with Gasteiger partial charge in [-0.25, -0.2) is 8.78 Å². The maximum atomic E-state index is 13.7. The van der Waals surface area contributed by atoms with Crippen LogP contribution >= 0.6 is 15.9 Å². The molecule has 0 saturated carbocycles. The predicted molar refractivity (Wildman–Crippen MR) is 73.3 cm³/mol. The molecule has 0 radical (unpaired) electrons. The number of carbonyl (C=O) groups excluding carboxylic acids is 1. The van der Waals surface area contributed by atoms with Crippen LogP contribution in [0.2, 0.25) is 0 Å². The van der Waals surface area contributed by atoms with Crippen molar-refractivity contribution in [3.63, 3.8) is 0 Å². The molecule has 0 aliphatic carbocycles. The van der Waals surface area contributed by atoms with Crippen LogP contribution in [0, 0.1) is 11.6 Å². The van der Waals surface area contributed by atoms with Crippen LogP contribution < -0.4 is 0 Å². The number of hydrogen-bond acceptors (Lipinski definition) is 1. The summed E-state index contributed by atoms with van der Waals surface area (Å²) in [6, 6.07) is 8.89. The average Bonchev–Trinajstić information content (AvgIpc) is 2.37. The number of aryl methyl sites for hydroxylation is 1. The standard InChI is InChI=1S/C15H11BrF2O/c1-2-9-3-5-10(6-4-9)15(19)14-12(17)7-11(16)8-13(14)18/h3-8H,2H2,1H3. The first-order valence-corrected chi connectivity index (χ1v) is 6.60. The fourth-order valence-corrected chi connectivity index (χ4v) is 2.20. The van der Waals surface area contributed by atoms with Gasteiger partial charge in [-0.05, 0) is 24.1 Å². The van der Waals surface area contributed by atoms with Crippen molar-refractivity contribution in [2.24, 2.45) is 0 Å². The minimum atomic E-state index is -0.864. The van der Waals surface area contributed by atoms with Crippen LogP contribution in [0.4, 0.5) is 8.78 Å². The van der Waals surface area contributed by atoms with Crippen molar-refractivity contribution in [1.29, 1.82) is 0 Å². The Morgan fingerprint density at radius 3 is 2.11 bits per heavy atom. The first-order valence-electron chi connectivity index (χ1n) is 5.81. The zero-order valence-electron chi connectivity index (χ0n) is 10.2. The molecule has 0 unspecified atom stereocenters. The molecule has 0 aliphatic rings. The van der Waals surface area contributed by atoms with Gasteiger partial charge in [-0.15, -0.1) is 0 Å². The third-order valence-corrected chi connectivity index (χ3v) is 3.32. The minimum Gasteiger partial charge on any atom is -0.288 e. The van der Waals surface area contributed by atoms with Gasteiger partial charge in [-0.2, -0.15) is 0 Å². The van der Waals surface area contributed by atoms with Gasteiger partial charge in [-0.3, -0.25) is 4.79 Å². The summed E-state index contributed by atoms with van der Waals surface area (Å²) < 4.78 is 27.7. The molecule has 2 rings (SSSR count). The van der Waals surface area contributed by atoms with Crippen LogP contribution in [0.3, 0.4) is 0 Å². The van der Waals surface area contributed by atoms with Gasteiger partial charge < -0.3 is 0 Å². The van der Waals surface area contributed by atoms with E-state index in [1.165, 1.54) is 0 Å². The molecule has 19 heavy (non-hydrogen) atoms. The first kappa shape index (κ1) is 13.9. The third-order valence-electron chi connectivity index (χ3n) is 2.86. The zero-order chi connectivity index (χ0) is 14.0. The monoisotopic (exact) mass is 324 g/mol. The maximum Gasteiger partial charge on any atom is 0.198 e. The molecule has 0 aromatic heterocycles. The summed E-state index contributed by atoms with van der Waals surface area (Å²) in [4.78, 5) is 12.1. The molecule has 0 heterocycles. The van der Waals surface area contributed by atoms with E-state index in [4.69, 9.17) is 0 Å². The molecule has 0 fully saturated rings. The lowest BCUT2D eigenvalue weighted by molar-refractivity contribution is 0.103. The number of benzene rings is 2. The predicted octanol–water partition coefficient (Wildman–Crippen LogP) is 4.52. The molecule has 0 saturated heterocycles. The van der Waals surface area contributed by atoms with Gasteiger partial charge in [0.05, 0.1) is 5.56 Å². The smallest absolute Gasteiger partial charge is 0.198 e. The average molecular weight is 325 g/mol. The van der Waals surface area contributed by atoms with E-state index in [1.807, 2.05) is 6.92 Å². The summed E-state index contributed by atoms with van der Waals surface area (Å²) in [5, 5.41) is 0. The van der Waals surface area contributed by atoms with E-state index in [2.05, 4.69) is 15.9 Å². The number of halogens is 3. The van der Waals surface area contributed by atoms with Gasteiger partial charge in [0.25, 0.3) is 0 Å². The molecular formula is C15H11BrF2O. The molecule has 1 nitrogen and oxygen atoms in total. The Kier molecular flexibility index (Phi) is 4.10. The van der Waals surface area contributed by atoms with Gasteiger partial charge in [0, 0.05) is 10.0 Å². The summed E-state index contributed by atoms with van der Waals surface area (Å²) in [5.74, 6) is -2.38. The Labute approximate surface area is 118 Å². The molecule has 4 heteroatoms. The van der Waals surface area contributed by atoms with E-state index in [0.717, 1.165) is 24.1 Å². The molecule has 2 aromatic rings. The summed E-state index contributed by atoms with van der Waals surface area (Å²) in [6.07, 6.45) is 0.843. The van der Waals surface area contributed by atoms with Crippen LogP contribution in [0.25, 0.3) is 0 Å². The van der Waals surface area contributed by atoms with Crippen molar-refractivity contribution < 1.29 is 13.6 Å². The summed E-state index contributed by atoms with van der Waals surface area (Å²) in [6.45, 7) is 1.99. The highest BCUT2D eigenvalue weighted by atomic mass is 79.9. The van der Waals surface area contributed by atoms with Crippen molar-refractivity contribution in [3.8, 4) is 0 Å².